The van der Waals surface area contributed by atoms with E-state index >= 15 is 0 Å². The number of rotatable bonds is 4. The van der Waals surface area contributed by atoms with Gasteiger partial charge in [0.25, 0.3) is 5.91 Å². The highest BCUT2D eigenvalue weighted by Crippen LogP contribution is 2.25. The number of benzene rings is 2. The first-order valence-electron chi connectivity index (χ1n) is 9.21. The molecule has 4 rings (SSSR count). The quantitative estimate of drug-likeness (QED) is 0.542. The number of pyridine rings is 1. The van der Waals surface area contributed by atoms with Crippen LogP contribution in [-0.2, 0) is 6.54 Å². The van der Waals surface area contributed by atoms with Crippen molar-refractivity contribution in [2.24, 2.45) is 0 Å². The number of carbonyl (C=O) groups is 1. The third kappa shape index (κ3) is 3.51. The molecule has 0 aliphatic heterocycles. The lowest BCUT2D eigenvalue weighted by atomic mass is 10.0. The Bertz CT molecular complexity index is 1160. The van der Waals surface area contributed by atoms with E-state index in [1.54, 1.807) is 25.2 Å². The van der Waals surface area contributed by atoms with Gasteiger partial charge in [-0.3, -0.25) is 9.48 Å². The van der Waals surface area contributed by atoms with Gasteiger partial charge < -0.3 is 4.90 Å². The molecule has 140 valence electrons. The van der Waals surface area contributed by atoms with E-state index in [1.165, 1.54) is 11.1 Å². The lowest BCUT2D eigenvalue weighted by Crippen LogP contribution is -2.22. The van der Waals surface area contributed by atoms with Crippen LogP contribution in [0, 0.1) is 6.92 Å². The van der Waals surface area contributed by atoms with Gasteiger partial charge in [0.1, 0.15) is 0 Å². The summed E-state index contributed by atoms with van der Waals surface area (Å²) in [7, 11) is 3.52. The van der Waals surface area contributed by atoms with Crippen molar-refractivity contribution in [1.82, 2.24) is 19.7 Å². The predicted molar refractivity (Wildman–Crippen MR) is 111 cm³/mol. The van der Waals surface area contributed by atoms with Crippen LogP contribution in [0.15, 0.2) is 67.0 Å². The van der Waals surface area contributed by atoms with Gasteiger partial charge in [-0.15, -0.1) is 0 Å². The van der Waals surface area contributed by atoms with Gasteiger partial charge in [0.2, 0.25) is 0 Å². The molecule has 0 saturated heterocycles. The fourth-order valence-corrected chi connectivity index (χ4v) is 3.32. The van der Waals surface area contributed by atoms with E-state index < -0.39 is 0 Å². The number of aromatic nitrogens is 3. The zero-order chi connectivity index (χ0) is 19.7. The Balaban J connectivity index is 1.73. The summed E-state index contributed by atoms with van der Waals surface area (Å²) in [5.74, 6) is -0.0352. The molecule has 0 saturated carbocycles. The average molecular weight is 370 g/mol. The summed E-state index contributed by atoms with van der Waals surface area (Å²) >= 11 is 0. The van der Waals surface area contributed by atoms with Crippen molar-refractivity contribution >= 4 is 16.8 Å². The molecule has 0 atom stereocenters. The summed E-state index contributed by atoms with van der Waals surface area (Å²) in [6.45, 7) is 2.78. The number of hydrogen-bond acceptors (Lipinski definition) is 3. The molecular weight excluding hydrogens is 348 g/mol. The molecule has 28 heavy (non-hydrogen) atoms. The second kappa shape index (κ2) is 7.27. The summed E-state index contributed by atoms with van der Waals surface area (Å²) in [4.78, 5) is 19.0. The Morgan fingerprint density at radius 3 is 2.68 bits per heavy atom. The Hall–Kier alpha value is -3.47. The van der Waals surface area contributed by atoms with Gasteiger partial charge in [-0.25, -0.2) is 4.98 Å². The van der Waals surface area contributed by atoms with Crippen LogP contribution in [0.4, 0.5) is 0 Å². The van der Waals surface area contributed by atoms with Crippen LogP contribution in [0.2, 0.25) is 0 Å². The highest BCUT2D eigenvalue weighted by atomic mass is 16.2. The molecule has 0 radical (unpaired) electrons. The largest absolute Gasteiger partial charge is 0.345 e. The van der Waals surface area contributed by atoms with E-state index in [0.29, 0.717) is 12.1 Å². The summed E-state index contributed by atoms with van der Waals surface area (Å²) in [5, 5.41) is 5.35. The zero-order valence-electron chi connectivity index (χ0n) is 16.3. The van der Waals surface area contributed by atoms with Crippen LogP contribution < -0.4 is 0 Å². The molecule has 1 amide bonds. The molecule has 5 nitrogen and oxygen atoms in total. The Labute approximate surface area is 164 Å². The molecule has 0 bridgehead atoms. The highest BCUT2D eigenvalue weighted by molar-refractivity contribution is 6.07. The normalized spacial score (nSPS) is 11.0. The van der Waals surface area contributed by atoms with E-state index in [0.717, 1.165) is 22.2 Å². The number of amides is 1. The maximum Gasteiger partial charge on any atom is 0.254 e. The minimum absolute atomic E-state index is 0.0352. The van der Waals surface area contributed by atoms with Gasteiger partial charge >= 0.3 is 0 Å². The molecule has 0 unspecified atom stereocenters. The van der Waals surface area contributed by atoms with E-state index in [1.807, 2.05) is 41.2 Å². The highest BCUT2D eigenvalue weighted by Gasteiger charge is 2.16. The van der Waals surface area contributed by atoms with Crippen LogP contribution in [0.5, 0.6) is 0 Å². The monoisotopic (exact) mass is 370 g/mol. The smallest absolute Gasteiger partial charge is 0.254 e. The standard InChI is InChI=1S/C23H22N4O/c1-16-7-6-8-17(11-16)14-27-15-18(13-24-27)22-12-20(23(28)26(2)3)19-9-4-5-10-21(19)25-22/h4-13,15H,14H2,1-3H3. The molecule has 5 heteroatoms. The zero-order valence-corrected chi connectivity index (χ0v) is 16.3. The number of nitrogens with zero attached hydrogens (tertiary/aromatic N) is 4. The topological polar surface area (TPSA) is 51.0 Å². The maximum absolute atomic E-state index is 12.7. The lowest BCUT2D eigenvalue weighted by Gasteiger charge is -2.13. The van der Waals surface area contributed by atoms with E-state index in [2.05, 4.69) is 36.3 Å². The number of aryl methyl sites for hydroxylation is 1. The van der Waals surface area contributed by atoms with Crippen molar-refractivity contribution in [3.8, 4) is 11.3 Å². The van der Waals surface area contributed by atoms with Crippen molar-refractivity contribution < 1.29 is 4.79 Å². The maximum atomic E-state index is 12.7. The molecule has 0 N–H and O–H groups in total. The second-order valence-electron chi connectivity index (χ2n) is 7.19. The minimum atomic E-state index is -0.0352. The molecular formula is C23H22N4O. The Morgan fingerprint density at radius 1 is 1.07 bits per heavy atom. The number of carbonyl (C=O) groups excluding carboxylic acids is 1. The predicted octanol–water partition coefficient (Wildman–Crippen LogP) is 4.16. The average Bonchev–Trinajstić information content (AvgIpc) is 3.15. The Morgan fingerprint density at radius 2 is 1.89 bits per heavy atom. The first-order valence-corrected chi connectivity index (χ1v) is 9.21. The van der Waals surface area contributed by atoms with Crippen molar-refractivity contribution in [2.75, 3.05) is 14.1 Å². The van der Waals surface area contributed by atoms with Gasteiger partial charge in [-0.2, -0.15) is 5.10 Å². The van der Waals surface area contributed by atoms with Crippen LogP contribution in [0.3, 0.4) is 0 Å². The van der Waals surface area contributed by atoms with Crippen molar-refractivity contribution in [2.45, 2.75) is 13.5 Å². The third-order valence-electron chi connectivity index (χ3n) is 4.71. The first-order chi connectivity index (χ1) is 13.5. The van der Waals surface area contributed by atoms with Crippen molar-refractivity contribution in [1.29, 1.82) is 0 Å². The first kappa shape index (κ1) is 17.9. The molecule has 2 heterocycles. The van der Waals surface area contributed by atoms with Crippen LogP contribution in [0.25, 0.3) is 22.2 Å². The van der Waals surface area contributed by atoms with E-state index in [4.69, 9.17) is 4.98 Å². The molecule has 4 aromatic rings. The Kier molecular flexibility index (Phi) is 4.65. The van der Waals surface area contributed by atoms with Crippen LogP contribution in [0.1, 0.15) is 21.5 Å². The molecule has 2 aromatic heterocycles. The number of fused-ring (bicyclic) bond motifs is 1. The van der Waals surface area contributed by atoms with Crippen LogP contribution in [-0.4, -0.2) is 39.7 Å². The fraction of sp³-hybridized carbons (Fsp3) is 0.174. The van der Waals surface area contributed by atoms with Gasteiger partial charge in [0, 0.05) is 31.2 Å². The number of hydrogen-bond donors (Lipinski definition) is 0. The second-order valence-corrected chi connectivity index (χ2v) is 7.19. The lowest BCUT2D eigenvalue weighted by molar-refractivity contribution is 0.0829. The van der Waals surface area contributed by atoms with Crippen molar-refractivity contribution in [3.05, 3.63) is 83.7 Å². The van der Waals surface area contributed by atoms with Gasteiger partial charge in [0.05, 0.1) is 29.5 Å². The third-order valence-corrected chi connectivity index (χ3v) is 4.71. The van der Waals surface area contributed by atoms with Gasteiger partial charge in [-0.1, -0.05) is 48.0 Å². The van der Waals surface area contributed by atoms with Crippen LogP contribution >= 0.6 is 0 Å². The molecule has 0 aliphatic carbocycles. The molecule has 0 fully saturated rings. The SMILES string of the molecule is Cc1cccc(Cn2cc(-c3cc(C(=O)N(C)C)c4ccccc4n3)cn2)c1. The minimum Gasteiger partial charge on any atom is -0.345 e. The fourth-order valence-electron chi connectivity index (χ4n) is 3.32. The summed E-state index contributed by atoms with van der Waals surface area (Å²) in [6, 6.07) is 18.0. The summed E-state index contributed by atoms with van der Waals surface area (Å²) in [5.41, 5.74) is 5.52. The summed E-state index contributed by atoms with van der Waals surface area (Å²) in [6.07, 6.45) is 3.78. The van der Waals surface area contributed by atoms with Gasteiger partial charge in [-0.05, 0) is 24.6 Å². The van der Waals surface area contributed by atoms with Crippen molar-refractivity contribution in [3.63, 3.8) is 0 Å². The van der Waals surface area contributed by atoms with E-state index in [-0.39, 0.29) is 5.91 Å². The molecule has 0 aliphatic rings. The molecule has 2 aromatic carbocycles. The summed E-state index contributed by atoms with van der Waals surface area (Å²) < 4.78 is 1.90. The number of para-hydroxylation sites is 1. The van der Waals surface area contributed by atoms with Gasteiger partial charge in [0.15, 0.2) is 0 Å². The van der Waals surface area contributed by atoms with E-state index in [9.17, 15) is 4.79 Å². The molecule has 0 spiro atoms.